The van der Waals surface area contributed by atoms with Gasteiger partial charge in [0.15, 0.2) is 0 Å². The summed E-state index contributed by atoms with van der Waals surface area (Å²) in [5.74, 6) is 1.04. The summed E-state index contributed by atoms with van der Waals surface area (Å²) in [6.07, 6.45) is 3.55. The molecule has 0 saturated carbocycles. The van der Waals surface area contributed by atoms with Crippen LogP contribution in [0.4, 0.5) is 0 Å². The van der Waals surface area contributed by atoms with Crippen LogP contribution in [0, 0.1) is 6.92 Å². The number of amides is 1. The number of primary amides is 1. The quantitative estimate of drug-likeness (QED) is 0.391. The summed E-state index contributed by atoms with van der Waals surface area (Å²) in [5.41, 5.74) is 11.1. The molecule has 0 spiro atoms. The second kappa shape index (κ2) is 9.52. The van der Waals surface area contributed by atoms with Gasteiger partial charge < -0.3 is 15.0 Å². The predicted molar refractivity (Wildman–Crippen MR) is 127 cm³/mol. The minimum absolute atomic E-state index is 0.427. The van der Waals surface area contributed by atoms with Crippen LogP contribution >= 0.6 is 0 Å². The molecule has 4 aromatic rings. The van der Waals surface area contributed by atoms with Crippen molar-refractivity contribution < 1.29 is 9.53 Å². The van der Waals surface area contributed by atoms with Crippen molar-refractivity contribution in [3.8, 4) is 22.6 Å². The number of hydrogen-bond donors (Lipinski definition) is 1. The number of para-hydroxylation sites is 1. The van der Waals surface area contributed by atoms with Crippen LogP contribution in [-0.4, -0.2) is 15.5 Å². The van der Waals surface area contributed by atoms with E-state index in [1.165, 1.54) is 0 Å². The first-order chi connectivity index (χ1) is 15.6. The Morgan fingerprint density at radius 3 is 2.44 bits per heavy atom. The van der Waals surface area contributed by atoms with Gasteiger partial charge in [-0.1, -0.05) is 49.7 Å². The van der Waals surface area contributed by atoms with Crippen molar-refractivity contribution in [2.45, 2.75) is 33.2 Å². The monoisotopic (exact) mass is 425 g/mol. The highest BCUT2D eigenvalue weighted by Crippen LogP contribution is 2.36. The van der Waals surface area contributed by atoms with Crippen LogP contribution in [0.1, 0.15) is 40.8 Å². The van der Waals surface area contributed by atoms with E-state index in [0.717, 1.165) is 46.8 Å². The molecule has 0 fully saturated rings. The van der Waals surface area contributed by atoms with Crippen LogP contribution in [0.2, 0.25) is 0 Å². The van der Waals surface area contributed by atoms with Gasteiger partial charge in [0.2, 0.25) is 0 Å². The van der Waals surface area contributed by atoms with E-state index in [4.69, 9.17) is 10.5 Å². The van der Waals surface area contributed by atoms with Gasteiger partial charge in [-0.3, -0.25) is 9.78 Å². The van der Waals surface area contributed by atoms with Crippen molar-refractivity contribution in [1.29, 1.82) is 0 Å². The van der Waals surface area contributed by atoms with Crippen LogP contribution < -0.4 is 10.5 Å². The van der Waals surface area contributed by atoms with Gasteiger partial charge in [-0.25, -0.2) is 0 Å². The van der Waals surface area contributed by atoms with Gasteiger partial charge in [0, 0.05) is 23.1 Å². The Labute approximate surface area is 188 Å². The maximum Gasteiger partial charge on any atom is 0.251 e. The molecule has 0 aliphatic heterocycles. The second-order valence-electron chi connectivity index (χ2n) is 7.75. The van der Waals surface area contributed by atoms with Crippen molar-refractivity contribution >= 4 is 5.91 Å². The second-order valence-corrected chi connectivity index (χ2v) is 7.75. The van der Waals surface area contributed by atoms with Gasteiger partial charge in [-0.15, -0.1) is 0 Å². The highest BCUT2D eigenvalue weighted by molar-refractivity contribution is 6.02. The van der Waals surface area contributed by atoms with Crippen LogP contribution in [0.5, 0.6) is 11.5 Å². The van der Waals surface area contributed by atoms with Crippen molar-refractivity contribution in [1.82, 2.24) is 9.55 Å². The van der Waals surface area contributed by atoms with Crippen LogP contribution in [0.3, 0.4) is 0 Å². The number of ether oxygens (including phenoxy) is 1. The molecule has 5 nitrogen and oxygen atoms in total. The third-order valence-electron chi connectivity index (χ3n) is 5.51. The van der Waals surface area contributed by atoms with E-state index in [9.17, 15) is 4.79 Å². The lowest BCUT2D eigenvalue weighted by atomic mass is 9.98. The molecule has 2 aromatic heterocycles. The van der Waals surface area contributed by atoms with E-state index in [1.54, 1.807) is 6.20 Å². The molecule has 2 aromatic carbocycles. The molecular weight excluding hydrogens is 398 g/mol. The fraction of sp³-hybridized carbons (Fsp3) is 0.185. The summed E-state index contributed by atoms with van der Waals surface area (Å²) in [5, 5.41) is 0. The number of hydrogen-bond acceptors (Lipinski definition) is 3. The first kappa shape index (κ1) is 21.4. The third kappa shape index (κ3) is 4.42. The van der Waals surface area contributed by atoms with Crippen LogP contribution in [0.25, 0.3) is 11.1 Å². The third-order valence-corrected chi connectivity index (χ3v) is 5.51. The van der Waals surface area contributed by atoms with E-state index >= 15 is 0 Å². The Morgan fingerprint density at radius 1 is 1.00 bits per heavy atom. The molecule has 0 saturated heterocycles. The summed E-state index contributed by atoms with van der Waals surface area (Å²) in [6.45, 7) is 4.68. The van der Waals surface area contributed by atoms with Crippen molar-refractivity contribution in [2.75, 3.05) is 0 Å². The molecule has 0 unspecified atom stereocenters. The van der Waals surface area contributed by atoms with Crippen LogP contribution in [0.15, 0.2) is 79.0 Å². The van der Waals surface area contributed by atoms with Gasteiger partial charge in [0.25, 0.3) is 5.91 Å². The first-order valence-corrected chi connectivity index (χ1v) is 10.8. The smallest absolute Gasteiger partial charge is 0.251 e. The van der Waals surface area contributed by atoms with E-state index in [1.807, 2.05) is 79.7 Å². The maximum absolute atomic E-state index is 12.6. The summed E-state index contributed by atoms with van der Waals surface area (Å²) in [7, 11) is 0. The summed E-state index contributed by atoms with van der Waals surface area (Å²) in [6, 6.07) is 23.3. The molecule has 162 valence electrons. The zero-order valence-corrected chi connectivity index (χ0v) is 18.4. The van der Waals surface area contributed by atoms with Gasteiger partial charge in [0.1, 0.15) is 11.5 Å². The van der Waals surface area contributed by atoms with Gasteiger partial charge >= 0.3 is 0 Å². The molecule has 0 radical (unpaired) electrons. The zero-order valence-electron chi connectivity index (χ0n) is 18.4. The normalized spacial score (nSPS) is 10.8. The van der Waals surface area contributed by atoms with E-state index in [2.05, 4.69) is 16.5 Å². The number of rotatable bonds is 8. The minimum Gasteiger partial charge on any atom is -0.457 e. The molecule has 2 N–H and O–H groups in total. The highest BCUT2D eigenvalue weighted by atomic mass is 16.5. The lowest BCUT2D eigenvalue weighted by Crippen LogP contribution is -2.14. The number of carbonyl (C=O) groups excluding carboxylic acids is 1. The molecule has 0 aliphatic carbocycles. The number of pyridine rings is 1. The Balaban J connectivity index is 1.83. The fourth-order valence-corrected chi connectivity index (χ4v) is 4.11. The van der Waals surface area contributed by atoms with Crippen molar-refractivity contribution in [3.63, 3.8) is 0 Å². The molecule has 0 aliphatic rings. The Bertz CT molecular complexity index is 1210. The van der Waals surface area contributed by atoms with E-state index < -0.39 is 5.91 Å². The average Bonchev–Trinajstić information content (AvgIpc) is 3.07. The average molecular weight is 426 g/mol. The number of carbonyl (C=O) groups is 1. The molecule has 5 heteroatoms. The number of nitrogens with zero attached hydrogens (tertiary/aromatic N) is 2. The lowest BCUT2D eigenvalue weighted by Gasteiger charge is -2.13. The van der Waals surface area contributed by atoms with E-state index in [0.29, 0.717) is 17.9 Å². The summed E-state index contributed by atoms with van der Waals surface area (Å²) in [4.78, 5) is 17.1. The van der Waals surface area contributed by atoms with Crippen molar-refractivity contribution in [3.05, 3.63) is 102 Å². The predicted octanol–water partition coefficient (Wildman–Crippen LogP) is 5.75. The minimum atomic E-state index is -0.427. The summed E-state index contributed by atoms with van der Waals surface area (Å²) >= 11 is 0. The largest absolute Gasteiger partial charge is 0.457 e. The molecule has 1 amide bonds. The molecule has 0 bridgehead atoms. The molecule has 4 rings (SSSR count). The molecule has 2 heterocycles. The molecular formula is C27H27N3O2. The van der Waals surface area contributed by atoms with Crippen LogP contribution in [-0.2, 0) is 13.0 Å². The first-order valence-electron chi connectivity index (χ1n) is 10.8. The number of nitrogens with two attached hydrogens (primary N) is 1. The number of benzene rings is 2. The lowest BCUT2D eigenvalue weighted by molar-refractivity contribution is 0.1000. The molecule has 32 heavy (non-hydrogen) atoms. The Morgan fingerprint density at radius 2 is 1.75 bits per heavy atom. The fourth-order valence-electron chi connectivity index (χ4n) is 4.11. The van der Waals surface area contributed by atoms with E-state index in [-0.39, 0.29) is 0 Å². The zero-order chi connectivity index (χ0) is 22.5. The highest BCUT2D eigenvalue weighted by Gasteiger charge is 2.25. The molecule has 0 atom stereocenters. The number of aromatic nitrogens is 2. The maximum atomic E-state index is 12.6. The van der Waals surface area contributed by atoms with Gasteiger partial charge in [-0.2, -0.15) is 0 Å². The van der Waals surface area contributed by atoms with Gasteiger partial charge in [0.05, 0.1) is 17.8 Å². The standard InChI is InChI=1S/C27H27N3O2/c1-3-10-24-26(20-11-9-15-23(17-20)32-22-13-5-4-6-14-22)25(27(28)31)19(2)30(24)18-21-12-7-8-16-29-21/h4-9,11-17H,3,10,18H2,1-2H3,(H2,28,31). The Hall–Kier alpha value is -3.86. The SMILES string of the molecule is CCCc1c(-c2cccc(Oc3ccccc3)c2)c(C(N)=O)c(C)n1Cc1ccccn1. The van der Waals surface area contributed by atoms with Gasteiger partial charge in [-0.05, 0) is 55.3 Å². The Kier molecular flexibility index (Phi) is 6.36. The summed E-state index contributed by atoms with van der Waals surface area (Å²) < 4.78 is 8.21. The topological polar surface area (TPSA) is 70.1 Å². The van der Waals surface area contributed by atoms with Crippen molar-refractivity contribution in [2.24, 2.45) is 5.73 Å².